The zero-order chi connectivity index (χ0) is 15.7. The Morgan fingerprint density at radius 1 is 1.55 bits per heavy atom. The third-order valence-corrected chi connectivity index (χ3v) is 5.24. The molecule has 3 heterocycles. The smallest absolute Gasteiger partial charge is 0.198 e. The van der Waals surface area contributed by atoms with E-state index in [1.54, 1.807) is 17.6 Å². The summed E-state index contributed by atoms with van der Waals surface area (Å²) >= 11 is 8.21. The Morgan fingerprint density at radius 3 is 3.00 bits per heavy atom. The maximum Gasteiger partial charge on any atom is 0.198 e. The van der Waals surface area contributed by atoms with Crippen LogP contribution in [0.2, 0.25) is 0 Å². The van der Waals surface area contributed by atoms with E-state index in [0.29, 0.717) is 6.54 Å². The van der Waals surface area contributed by atoms with Crippen LogP contribution in [0.15, 0.2) is 27.8 Å². The largest absolute Gasteiger partial charge is 0.467 e. The topological polar surface area (TPSA) is 54.8 Å². The summed E-state index contributed by atoms with van der Waals surface area (Å²) in [5, 5.41) is 0. The molecule has 4 nitrogen and oxygen atoms in total. The summed E-state index contributed by atoms with van der Waals surface area (Å²) in [6.07, 6.45) is 5.42. The SMILES string of the molecule is CCc1c(C[C@H](C)N)sc2c1N(Cc1ccco1)C(Cl)N=C2. The summed E-state index contributed by atoms with van der Waals surface area (Å²) < 4.78 is 5.48. The van der Waals surface area contributed by atoms with E-state index in [-0.39, 0.29) is 6.04 Å². The minimum atomic E-state index is -0.402. The Balaban J connectivity index is 2.00. The number of hydrogen-bond donors (Lipinski definition) is 1. The van der Waals surface area contributed by atoms with Crippen molar-refractivity contribution in [2.75, 3.05) is 4.90 Å². The monoisotopic (exact) mass is 337 g/mol. The fourth-order valence-electron chi connectivity index (χ4n) is 2.79. The predicted molar refractivity (Wildman–Crippen MR) is 93.2 cm³/mol. The van der Waals surface area contributed by atoms with Gasteiger partial charge in [-0.1, -0.05) is 18.5 Å². The normalized spacial score (nSPS) is 18.5. The molecule has 0 bridgehead atoms. The Hall–Kier alpha value is -1.30. The van der Waals surface area contributed by atoms with Crippen molar-refractivity contribution in [1.29, 1.82) is 0 Å². The molecule has 0 spiro atoms. The van der Waals surface area contributed by atoms with Crippen molar-refractivity contribution in [2.24, 2.45) is 10.7 Å². The van der Waals surface area contributed by atoms with Gasteiger partial charge in [0.2, 0.25) is 0 Å². The van der Waals surface area contributed by atoms with E-state index in [1.165, 1.54) is 16.1 Å². The zero-order valence-corrected chi connectivity index (χ0v) is 14.3. The van der Waals surface area contributed by atoms with Gasteiger partial charge in [-0.05, 0) is 37.5 Å². The van der Waals surface area contributed by atoms with E-state index in [4.69, 9.17) is 21.8 Å². The highest BCUT2D eigenvalue weighted by molar-refractivity contribution is 7.14. The first kappa shape index (κ1) is 15.6. The quantitative estimate of drug-likeness (QED) is 0.667. The predicted octanol–water partition coefficient (Wildman–Crippen LogP) is 3.75. The van der Waals surface area contributed by atoms with Crippen LogP contribution in [-0.2, 0) is 19.4 Å². The average Bonchev–Trinajstić information content (AvgIpc) is 3.08. The van der Waals surface area contributed by atoms with Crippen molar-refractivity contribution in [1.82, 2.24) is 0 Å². The first-order chi connectivity index (χ1) is 10.6. The number of anilines is 1. The molecule has 2 aromatic heterocycles. The fraction of sp³-hybridized carbons (Fsp3) is 0.438. The van der Waals surface area contributed by atoms with Gasteiger partial charge in [-0.3, -0.25) is 4.99 Å². The average molecular weight is 338 g/mol. The van der Waals surface area contributed by atoms with Crippen LogP contribution in [0.1, 0.15) is 34.9 Å². The number of aliphatic imine (C=N–C) groups is 1. The van der Waals surface area contributed by atoms with Crippen LogP contribution in [-0.4, -0.2) is 17.9 Å². The van der Waals surface area contributed by atoms with Crippen LogP contribution in [0.3, 0.4) is 0 Å². The van der Waals surface area contributed by atoms with Gasteiger partial charge in [-0.15, -0.1) is 11.3 Å². The van der Waals surface area contributed by atoms with Crippen molar-refractivity contribution in [2.45, 2.75) is 44.9 Å². The Bertz CT molecular complexity index is 663. The van der Waals surface area contributed by atoms with Gasteiger partial charge in [0.15, 0.2) is 5.62 Å². The van der Waals surface area contributed by atoms with Gasteiger partial charge >= 0.3 is 0 Å². The van der Waals surface area contributed by atoms with Crippen molar-refractivity contribution in [3.8, 4) is 0 Å². The lowest BCUT2D eigenvalue weighted by atomic mass is 10.1. The van der Waals surface area contributed by atoms with Crippen LogP contribution in [0.4, 0.5) is 5.69 Å². The van der Waals surface area contributed by atoms with Gasteiger partial charge in [0.1, 0.15) is 5.76 Å². The molecule has 2 N–H and O–H groups in total. The van der Waals surface area contributed by atoms with E-state index in [9.17, 15) is 0 Å². The van der Waals surface area contributed by atoms with Crippen molar-refractivity contribution < 1.29 is 4.42 Å². The first-order valence-electron chi connectivity index (χ1n) is 7.46. The van der Waals surface area contributed by atoms with E-state index >= 15 is 0 Å². The number of halogens is 1. The summed E-state index contributed by atoms with van der Waals surface area (Å²) in [6, 6.07) is 4.00. The van der Waals surface area contributed by atoms with Crippen molar-refractivity contribution in [3.63, 3.8) is 0 Å². The van der Waals surface area contributed by atoms with Gasteiger partial charge in [-0.2, -0.15) is 0 Å². The summed E-state index contributed by atoms with van der Waals surface area (Å²) in [4.78, 5) is 9.01. The second-order valence-electron chi connectivity index (χ2n) is 5.55. The van der Waals surface area contributed by atoms with E-state index < -0.39 is 5.62 Å². The molecule has 0 amide bonds. The van der Waals surface area contributed by atoms with Crippen LogP contribution in [0.25, 0.3) is 0 Å². The number of fused-ring (bicyclic) bond motifs is 1. The number of nitrogens with zero attached hydrogens (tertiary/aromatic N) is 2. The van der Waals surface area contributed by atoms with Crippen LogP contribution >= 0.6 is 22.9 Å². The van der Waals surface area contributed by atoms with Crippen molar-refractivity contribution in [3.05, 3.63) is 39.5 Å². The molecule has 2 aromatic rings. The maximum atomic E-state index is 6.44. The highest BCUT2D eigenvalue weighted by atomic mass is 35.5. The molecule has 0 radical (unpaired) electrons. The van der Waals surface area contributed by atoms with Crippen LogP contribution in [0, 0.1) is 0 Å². The number of rotatable bonds is 5. The third kappa shape index (κ3) is 2.93. The molecular weight excluding hydrogens is 318 g/mol. The lowest BCUT2D eigenvalue weighted by Gasteiger charge is -2.30. The van der Waals surface area contributed by atoms with Crippen LogP contribution < -0.4 is 10.6 Å². The lowest BCUT2D eigenvalue weighted by Crippen LogP contribution is -2.32. The lowest BCUT2D eigenvalue weighted by molar-refractivity contribution is 0.499. The van der Waals surface area contributed by atoms with Gasteiger partial charge in [0.05, 0.1) is 23.4 Å². The number of hydrogen-bond acceptors (Lipinski definition) is 5. The highest BCUT2D eigenvalue weighted by Crippen LogP contribution is 2.40. The Kier molecular flexibility index (Phi) is 4.57. The van der Waals surface area contributed by atoms with Crippen LogP contribution in [0.5, 0.6) is 0 Å². The minimum Gasteiger partial charge on any atom is -0.467 e. The summed E-state index contributed by atoms with van der Waals surface area (Å²) in [6.45, 7) is 4.83. The summed E-state index contributed by atoms with van der Waals surface area (Å²) in [7, 11) is 0. The first-order valence-corrected chi connectivity index (χ1v) is 8.71. The third-order valence-electron chi connectivity index (χ3n) is 3.72. The molecule has 0 aromatic carbocycles. The molecule has 1 aliphatic heterocycles. The zero-order valence-electron chi connectivity index (χ0n) is 12.8. The van der Waals surface area contributed by atoms with Gasteiger partial charge in [-0.25, -0.2) is 0 Å². The molecule has 6 heteroatoms. The molecule has 118 valence electrons. The van der Waals surface area contributed by atoms with Crippen molar-refractivity contribution >= 4 is 34.8 Å². The molecule has 0 fully saturated rings. The number of furan rings is 1. The number of thiophene rings is 1. The molecule has 0 aliphatic carbocycles. The minimum absolute atomic E-state index is 0.146. The molecule has 2 atom stereocenters. The molecule has 0 saturated heterocycles. The van der Waals surface area contributed by atoms with Gasteiger partial charge < -0.3 is 15.1 Å². The Morgan fingerprint density at radius 2 is 2.36 bits per heavy atom. The molecular formula is C16H20ClN3OS. The van der Waals surface area contributed by atoms with Gasteiger partial charge in [0.25, 0.3) is 0 Å². The second-order valence-corrected chi connectivity index (χ2v) is 7.07. The molecule has 3 rings (SSSR count). The van der Waals surface area contributed by atoms with E-state index in [2.05, 4.69) is 16.8 Å². The fourth-order valence-corrected chi connectivity index (χ4v) is 4.44. The highest BCUT2D eigenvalue weighted by Gasteiger charge is 2.29. The van der Waals surface area contributed by atoms with E-state index in [1.807, 2.05) is 25.3 Å². The molecule has 0 saturated carbocycles. The number of alkyl halides is 1. The Labute approximate surface area is 139 Å². The summed E-state index contributed by atoms with van der Waals surface area (Å²) in [5.41, 5.74) is 8.12. The number of nitrogens with two attached hydrogens (primary N) is 1. The summed E-state index contributed by atoms with van der Waals surface area (Å²) in [5.74, 6) is 0.885. The molecule has 1 unspecified atom stereocenters. The van der Waals surface area contributed by atoms with E-state index in [0.717, 1.165) is 23.5 Å². The molecule has 22 heavy (non-hydrogen) atoms. The van der Waals surface area contributed by atoms with Gasteiger partial charge in [0, 0.05) is 17.1 Å². The molecule has 1 aliphatic rings. The second kappa shape index (κ2) is 6.44. The maximum absolute atomic E-state index is 6.44. The standard InChI is InChI=1S/C16H20ClN3OS/c1-3-12-13(7-10(2)18)22-14-8-19-16(17)20(15(12)14)9-11-5-4-6-21-11/h4-6,8,10,16H,3,7,9,18H2,1-2H3/t10-,16?/m0/s1.